The Morgan fingerprint density at radius 1 is 1.40 bits per heavy atom. The first-order valence-corrected chi connectivity index (χ1v) is 8.26. The molecular formula is C18H24F2N2O3. The quantitative estimate of drug-likeness (QED) is 0.906. The first-order chi connectivity index (χ1) is 11.5. The molecule has 3 unspecified atom stereocenters. The van der Waals surface area contributed by atoms with Gasteiger partial charge in [-0.1, -0.05) is 13.0 Å². The van der Waals surface area contributed by atoms with E-state index in [2.05, 4.69) is 0 Å². The molecule has 0 radical (unpaired) electrons. The Bertz CT molecular complexity index is 673. The van der Waals surface area contributed by atoms with Crippen LogP contribution in [0.25, 0.3) is 0 Å². The highest BCUT2D eigenvalue weighted by molar-refractivity contribution is 5.95. The maximum atomic E-state index is 14.1. The zero-order chi connectivity index (χ0) is 18.9. The summed E-state index contributed by atoms with van der Waals surface area (Å²) in [5.41, 5.74) is 0.966. The minimum absolute atomic E-state index is 0.166. The molecule has 2 rings (SSSR count). The first kappa shape index (κ1) is 19.3. The molecule has 1 aliphatic heterocycles. The zero-order valence-electron chi connectivity index (χ0n) is 14.9. The van der Waals surface area contributed by atoms with Crippen LogP contribution in [-0.4, -0.2) is 47.8 Å². The van der Waals surface area contributed by atoms with Gasteiger partial charge >= 0.3 is 0 Å². The Labute approximate surface area is 146 Å². The largest absolute Gasteiger partial charge is 0.355 e. The lowest BCUT2D eigenvalue weighted by Gasteiger charge is -2.38. The van der Waals surface area contributed by atoms with Gasteiger partial charge in [-0.05, 0) is 37.0 Å². The zero-order valence-corrected chi connectivity index (χ0v) is 14.9. The van der Waals surface area contributed by atoms with Gasteiger partial charge in [-0.2, -0.15) is 0 Å². The lowest BCUT2D eigenvalue weighted by Crippen LogP contribution is -2.52. The Hall–Kier alpha value is -2.02. The fraction of sp³-hybridized carbons (Fsp3) is 0.556. The number of alkyl halides is 1. The van der Waals surface area contributed by atoms with Crippen LogP contribution in [0, 0.1) is 24.6 Å². The SMILES string of the molecule is Cc1ccc(N(C)C(=O)C2CCN(C(=O)C(C)(O)F)CC2C)c(F)c1. The molecule has 25 heavy (non-hydrogen) atoms. The van der Waals surface area contributed by atoms with Crippen LogP contribution in [0.2, 0.25) is 0 Å². The lowest BCUT2D eigenvalue weighted by atomic mass is 9.85. The van der Waals surface area contributed by atoms with Crippen LogP contribution in [0.4, 0.5) is 14.5 Å². The van der Waals surface area contributed by atoms with E-state index in [1.165, 1.54) is 22.9 Å². The fourth-order valence-electron chi connectivity index (χ4n) is 3.24. The van der Waals surface area contributed by atoms with Gasteiger partial charge in [0.1, 0.15) is 5.82 Å². The summed E-state index contributed by atoms with van der Waals surface area (Å²) >= 11 is 0. The summed E-state index contributed by atoms with van der Waals surface area (Å²) in [4.78, 5) is 27.1. The number of rotatable bonds is 3. The minimum atomic E-state index is -2.92. The second kappa shape index (κ2) is 7.07. The number of anilines is 1. The van der Waals surface area contributed by atoms with Crippen molar-refractivity contribution in [3.8, 4) is 0 Å². The van der Waals surface area contributed by atoms with Gasteiger partial charge in [0.25, 0.3) is 11.8 Å². The highest BCUT2D eigenvalue weighted by atomic mass is 19.2. The van der Waals surface area contributed by atoms with Crippen molar-refractivity contribution in [3.63, 3.8) is 0 Å². The Kier molecular flexibility index (Phi) is 5.46. The highest BCUT2D eigenvalue weighted by Gasteiger charge is 2.40. The van der Waals surface area contributed by atoms with Crippen molar-refractivity contribution < 1.29 is 23.5 Å². The number of halogens is 2. The molecule has 0 spiro atoms. The first-order valence-electron chi connectivity index (χ1n) is 8.26. The molecule has 1 aromatic rings. The number of carbonyl (C=O) groups is 2. The molecule has 5 nitrogen and oxygen atoms in total. The average molecular weight is 354 g/mol. The number of benzene rings is 1. The third kappa shape index (κ3) is 4.15. The summed E-state index contributed by atoms with van der Waals surface area (Å²) < 4.78 is 27.5. The van der Waals surface area contributed by atoms with Gasteiger partial charge in [0.15, 0.2) is 0 Å². The van der Waals surface area contributed by atoms with E-state index in [-0.39, 0.29) is 30.6 Å². The normalized spacial score (nSPS) is 23.1. The molecule has 3 atom stereocenters. The topological polar surface area (TPSA) is 60.9 Å². The molecule has 2 amide bonds. The number of aryl methyl sites for hydroxylation is 1. The van der Waals surface area contributed by atoms with Crippen molar-refractivity contribution >= 4 is 17.5 Å². The standard InChI is InChI=1S/C18H24F2N2O3/c1-11-5-6-15(14(19)9-11)21(4)16(23)13-7-8-22(10-12(13)2)17(24)18(3,20)25/h5-6,9,12-13,25H,7-8,10H2,1-4H3. The minimum Gasteiger partial charge on any atom is -0.355 e. The number of aliphatic hydroxyl groups is 1. The van der Waals surface area contributed by atoms with Crippen LogP contribution in [0.5, 0.6) is 0 Å². The van der Waals surface area contributed by atoms with E-state index < -0.39 is 23.5 Å². The van der Waals surface area contributed by atoms with Crippen molar-refractivity contribution in [2.45, 2.75) is 33.0 Å². The summed E-state index contributed by atoms with van der Waals surface area (Å²) in [6.45, 7) is 4.69. The van der Waals surface area contributed by atoms with E-state index in [1.54, 1.807) is 26.0 Å². The molecule has 1 saturated heterocycles. The maximum absolute atomic E-state index is 14.1. The molecule has 1 heterocycles. The van der Waals surface area contributed by atoms with Crippen LogP contribution < -0.4 is 4.90 Å². The smallest absolute Gasteiger partial charge is 0.287 e. The van der Waals surface area contributed by atoms with Gasteiger partial charge in [0.05, 0.1) is 5.69 Å². The highest BCUT2D eigenvalue weighted by Crippen LogP contribution is 2.29. The van der Waals surface area contributed by atoms with Gasteiger partial charge in [0.2, 0.25) is 5.91 Å². The average Bonchev–Trinajstić information content (AvgIpc) is 2.52. The fourth-order valence-corrected chi connectivity index (χ4v) is 3.24. The predicted octanol–water partition coefficient (Wildman–Crippen LogP) is 2.26. The Morgan fingerprint density at radius 2 is 2.04 bits per heavy atom. The van der Waals surface area contributed by atoms with Crippen molar-refractivity contribution in [1.29, 1.82) is 0 Å². The third-order valence-corrected chi connectivity index (χ3v) is 4.70. The van der Waals surface area contributed by atoms with Gasteiger partial charge < -0.3 is 14.9 Å². The summed E-state index contributed by atoms with van der Waals surface area (Å²) in [7, 11) is 1.52. The van der Waals surface area contributed by atoms with Crippen LogP contribution in [-0.2, 0) is 9.59 Å². The molecular weight excluding hydrogens is 330 g/mol. The number of hydrogen-bond acceptors (Lipinski definition) is 3. The van der Waals surface area contributed by atoms with Crippen LogP contribution >= 0.6 is 0 Å². The van der Waals surface area contributed by atoms with E-state index in [1.807, 2.05) is 0 Å². The predicted molar refractivity (Wildman–Crippen MR) is 90.1 cm³/mol. The van der Waals surface area contributed by atoms with Gasteiger partial charge in [-0.25, -0.2) is 8.78 Å². The van der Waals surface area contributed by atoms with Crippen LogP contribution in [0.15, 0.2) is 18.2 Å². The summed E-state index contributed by atoms with van der Waals surface area (Å²) in [5.74, 6) is -5.26. The lowest BCUT2D eigenvalue weighted by molar-refractivity contribution is -0.171. The molecule has 7 heteroatoms. The summed E-state index contributed by atoms with van der Waals surface area (Å²) in [6.07, 6.45) is 0.333. The molecule has 0 bridgehead atoms. The molecule has 0 aliphatic carbocycles. The van der Waals surface area contributed by atoms with E-state index in [0.717, 1.165) is 12.5 Å². The van der Waals surface area contributed by atoms with Gasteiger partial charge in [-0.15, -0.1) is 0 Å². The third-order valence-electron chi connectivity index (χ3n) is 4.70. The summed E-state index contributed by atoms with van der Waals surface area (Å²) in [6, 6.07) is 4.66. The number of carbonyl (C=O) groups excluding carboxylic acids is 2. The molecule has 0 aromatic heterocycles. The van der Waals surface area contributed by atoms with Crippen molar-refractivity contribution in [2.24, 2.45) is 11.8 Å². The summed E-state index contributed by atoms with van der Waals surface area (Å²) in [5, 5.41) is 9.21. The molecule has 1 aliphatic rings. The molecule has 1 fully saturated rings. The molecule has 1 N–H and O–H groups in total. The van der Waals surface area contributed by atoms with Crippen molar-refractivity contribution in [3.05, 3.63) is 29.6 Å². The Morgan fingerprint density at radius 3 is 2.56 bits per heavy atom. The van der Waals surface area contributed by atoms with Crippen LogP contribution in [0.3, 0.4) is 0 Å². The number of hydrogen-bond donors (Lipinski definition) is 1. The molecule has 0 saturated carbocycles. The van der Waals surface area contributed by atoms with Crippen molar-refractivity contribution in [1.82, 2.24) is 4.90 Å². The van der Waals surface area contributed by atoms with Crippen molar-refractivity contribution in [2.75, 3.05) is 25.0 Å². The number of amides is 2. The number of nitrogens with zero attached hydrogens (tertiary/aromatic N) is 2. The second-order valence-corrected chi connectivity index (χ2v) is 6.93. The molecule has 1 aromatic carbocycles. The van der Waals surface area contributed by atoms with E-state index in [0.29, 0.717) is 6.42 Å². The van der Waals surface area contributed by atoms with Crippen LogP contribution in [0.1, 0.15) is 25.8 Å². The number of piperidine rings is 1. The monoisotopic (exact) mass is 354 g/mol. The Balaban J connectivity index is 2.09. The van der Waals surface area contributed by atoms with E-state index in [9.17, 15) is 23.5 Å². The maximum Gasteiger partial charge on any atom is 0.287 e. The second-order valence-electron chi connectivity index (χ2n) is 6.93. The number of likely N-dealkylation sites (tertiary alicyclic amines) is 1. The van der Waals surface area contributed by atoms with Gasteiger partial charge in [0, 0.05) is 33.0 Å². The van der Waals surface area contributed by atoms with E-state index >= 15 is 0 Å². The van der Waals surface area contributed by atoms with Gasteiger partial charge in [-0.3, -0.25) is 9.59 Å². The van der Waals surface area contributed by atoms with E-state index in [4.69, 9.17) is 0 Å². The molecule has 138 valence electrons.